The van der Waals surface area contributed by atoms with Crippen LogP contribution in [0.4, 0.5) is 5.69 Å². The van der Waals surface area contributed by atoms with Gasteiger partial charge in [-0.25, -0.2) is 4.98 Å². The Kier molecular flexibility index (Phi) is 3.57. The Balaban J connectivity index is 1.82. The second-order valence-corrected chi connectivity index (χ2v) is 6.36. The van der Waals surface area contributed by atoms with Gasteiger partial charge in [0.25, 0.3) is 0 Å². The van der Waals surface area contributed by atoms with Crippen molar-refractivity contribution >= 4 is 11.6 Å². The quantitative estimate of drug-likeness (QED) is 0.738. The van der Waals surface area contributed by atoms with Crippen molar-refractivity contribution in [1.82, 2.24) is 4.98 Å². The van der Waals surface area contributed by atoms with Crippen LogP contribution in [0.3, 0.4) is 0 Å². The Morgan fingerprint density at radius 1 is 1.20 bits per heavy atom. The first-order valence-corrected chi connectivity index (χ1v) is 8.19. The number of fused-ring (bicyclic) bond motifs is 1. The van der Waals surface area contributed by atoms with Crippen LogP contribution < -0.4 is 5.32 Å². The molecule has 0 saturated heterocycles. The van der Waals surface area contributed by atoms with Crippen LogP contribution in [0, 0.1) is 13.8 Å². The van der Waals surface area contributed by atoms with Gasteiger partial charge in [0, 0.05) is 29.7 Å². The third-order valence-corrected chi connectivity index (χ3v) is 4.59. The third kappa shape index (κ3) is 2.67. The number of carbonyl (C=O) groups excluding carboxylic acids is 1. The van der Waals surface area contributed by atoms with Crippen molar-refractivity contribution in [2.24, 2.45) is 0 Å². The minimum Gasteiger partial charge on any atom is -0.508 e. The second kappa shape index (κ2) is 5.77. The van der Waals surface area contributed by atoms with E-state index < -0.39 is 0 Å². The van der Waals surface area contributed by atoms with Gasteiger partial charge in [-0.2, -0.15) is 0 Å². The van der Waals surface area contributed by atoms with Crippen LogP contribution in [0.1, 0.15) is 34.9 Å². The minimum absolute atomic E-state index is 0.0931. The number of phenolic OH excluding ortho intramolecular Hbond substituents is 1. The fourth-order valence-corrected chi connectivity index (χ4v) is 3.29. The Hall–Kier alpha value is -3.08. The van der Waals surface area contributed by atoms with Crippen molar-refractivity contribution in [1.29, 1.82) is 0 Å². The number of carbonyl (C=O) groups is 1. The predicted molar refractivity (Wildman–Crippen MR) is 94.6 cm³/mol. The number of rotatable bonds is 2. The van der Waals surface area contributed by atoms with Crippen LogP contribution in [0.5, 0.6) is 5.75 Å². The summed E-state index contributed by atoms with van der Waals surface area (Å²) in [7, 11) is 0. The molecule has 2 aromatic carbocycles. The van der Waals surface area contributed by atoms with E-state index in [1.54, 1.807) is 6.07 Å². The van der Waals surface area contributed by atoms with E-state index in [0.717, 1.165) is 22.4 Å². The molecule has 0 radical (unpaired) electrons. The number of aromatic hydroxyl groups is 1. The van der Waals surface area contributed by atoms with E-state index in [1.165, 1.54) is 0 Å². The Morgan fingerprint density at radius 2 is 1.96 bits per heavy atom. The molecule has 5 heteroatoms. The van der Waals surface area contributed by atoms with Crippen LogP contribution in [-0.2, 0) is 4.79 Å². The third-order valence-electron chi connectivity index (χ3n) is 4.59. The SMILES string of the molecule is Cc1cc2c(cc1O)NC(=O)C[C@H]2c1nc(-c2ccccc2)oc1C. The van der Waals surface area contributed by atoms with Crippen LogP contribution in [0.15, 0.2) is 46.9 Å². The first kappa shape index (κ1) is 15.4. The highest BCUT2D eigenvalue weighted by molar-refractivity contribution is 5.95. The molecule has 1 aromatic heterocycles. The van der Waals surface area contributed by atoms with Crippen LogP contribution in [-0.4, -0.2) is 16.0 Å². The van der Waals surface area contributed by atoms with Gasteiger partial charge < -0.3 is 14.8 Å². The number of aryl methyl sites for hydroxylation is 2. The van der Waals surface area contributed by atoms with E-state index in [9.17, 15) is 9.90 Å². The van der Waals surface area contributed by atoms with E-state index in [2.05, 4.69) is 10.3 Å². The first-order chi connectivity index (χ1) is 12.0. The van der Waals surface area contributed by atoms with Gasteiger partial charge in [-0.1, -0.05) is 18.2 Å². The predicted octanol–water partition coefficient (Wildman–Crippen LogP) is 4.14. The van der Waals surface area contributed by atoms with Crippen molar-refractivity contribution < 1.29 is 14.3 Å². The molecule has 0 aliphatic carbocycles. The van der Waals surface area contributed by atoms with Gasteiger partial charge in [-0.15, -0.1) is 0 Å². The van der Waals surface area contributed by atoms with Gasteiger partial charge in [-0.3, -0.25) is 4.79 Å². The van der Waals surface area contributed by atoms with E-state index in [0.29, 0.717) is 23.8 Å². The lowest BCUT2D eigenvalue weighted by Crippen LogP contribution is -2.24. The van der Waals surface area contributed by atoms with Crippen molar-refractivity contribution in [3.05, 3.63) is 65.0 Å². The first-order valence-electron chi connectivity index (χ1n) is 8.19. The highest BCUT2D eigenvalue weighted by Crippen LogP contribution is 2.41. The number of phenols is 1. The molecule has 0 saturated carbocycles. The molecule has 1 aliphatic rings. The number of nitrogens with one attached hydrogen (secondary N) is 1. The van der Waals surface area contributed by atoms with Gasteiger partial charge in [0.2, 0.25) is 11.8 Å². The molecule has 0 unspecified atom stereocenters. The van der Waals surface area contributed by atoms with Crippen molar-refractivity contribution in [3.63, 3.8) is 0 Å². The Bertz CT molecular complexity index is 961. The number of anilines is 1. The molecule has 0 spiro atoms. The molecule has 25 heavy (non-hydrogen) atoms. The largest absolute Gasteiger partial charge is 0.508 e. The summed E-state index contributed by atoms with van der Waals surface area (Å²) < 4.78 is 5.87. The van der Waals surface area contributed by atoms with Crippen molar-refractivity contribution in [2.45, 2.75) is 26.2 Å². The number of benzene rings is 2. The van der Waals surface area contributed by atoms with E-state index in [-0.39, 0.29) is 17.6 Å². The zero-order valence-corrected chi connectivity index (χ0v) is 14.0. The highest BCUT2D eigenvalue weighted by atomic mass is 16.4. The molecule has 3 aromatic rings. The summed E-state index contributed by atoms with van der Waals surface area (Å²) >= 11 is 0. The van der Waals surface area contributed by atoms with Crippen LogP contribution in [0.25, 0.3) is 11.5 Å². The summed E-state index contributed by atoms with van der Waals surface area (Å²) in [6, 6.07) is 13.2. The summed E-state index contributed by atoms with van der Waals surface area (Å²) in [6.45, 7) is 3.71. The average molecular weight is 334 g/mol. The molecule has 1 aliphatic heterocycles. The monoisotopic (exact) mass is 334 g/mol. The average Bonchev–Trinajstić information content (AvgIpc) is 2.98. The van der Waals surface area contributed by atoms with E-state index in [4.69, 9.17) is 4.42 Å². The summed E-state index contributed by atoms with van der Waals surface area (Å²) in [4.78, 5) is 16.8. The Labute approximate surface area is 145 Å². The lowest BCUT2D eigenvalue weighted by atomic mass is 9.86. The minimum atomic E-state index is -0.190. The zero-order valence-electron chi connectivity index (χ0n) is 14.0. The maximum atomic E-state index is 12.1. The second-order valence-electron chi connectivity index (χ2n) is 6.36. The molecule has 2 heterocycles. The number of amides is 1. The molecule has 2 N–H and O–H groups in total. The van der Waals surface area contributed by atoms with E-state index >= 15 is 0 Å². The highest BCUT2D eigenvalue weighted by Gasteiger charge is 2.31. The topological polar surface area (TPSA) is 75.4 Å². The number of nitrogens with zero attached hydrogens (tertiary/aromatic N) is 1. The normalized spacial score (nSPS) is 16.4. The fourth-order valence-electron chi connectivity index (χ4n) is 3.29. The molecule has 0 fully saturated rings. The molecule has 1 amide bonds. The molecule has 4 rings (SSSR count). The number of aromatic nitrogens is 1. The van der Waals surface area contributed by atoms with Gasteiger partial charge in [0.15, 0.2) is 0 Å². The standard InChI is InChI=1S/C20H18N2O3/c1-11-8-14-15(9-18(24)21-16(14)10-17(11)23)19-12(2)25-20(22-19)13-6-4-3-5-7-13/h3-8,10,15,23H,9H2,1-2H3,(H,21,24)/t15-/m1/s1. The maximum absolute atomic E-state index is 12.1. The smallest absolute Gasteiger partial charge is 0.226 e. The number of hydrogen-bond acceptors (Lipinski definition) is 4. The van der Waals surface area contributed by atoms with Gasteiger partial charge >= 0.3 is 0 Å². The molecule has 1 atom stereocenters. The molecule has 0 bridgehead atoms. The number of oxazole rings is 1. The molecular formula is C20H18N2O3. The lowest BCUT2D eigenvalue weighted by molar-refractivity contribution is -0.116. The number of hydrogen-bond donors (Lipinski definition) is 2. The van der Waals surface area contributed by atoms with Gasteiger partial charge in [-0.05, 0) is 43.2 Å². The van der Waals surface area contributed by atoms with Crippen LogP contribution in [0.2, 0.25) is 0 Å². The van der Waals surface area contributed by atoms with Crippen LogP contribution >= 0.6 is 0 Å². The van der Waals surface area contributed by atoms with E-state index in [1.807, 2.05) is 50.2 Å². The molecule has 5 nitrogen and oxygen atoms in total. The molecular weight excluding hydrogens is 316 g/mol. The lowest BCUT2D eigenvalue weighted by Gasteiger charge is -2.25. The summed E-state index contributed by atoms with van der Waals surface area (Å²) in [6.07, 6.45) is 0.304. The molecule has 126 valence electrons. The summed E-state index contributed by atoms with van der Waals surface area (Å²) in [5, 5.41) is 12.8. The van der Waals surface area contributed by atoms with Crippen molar-refractivity contribution in [3.8, 4) is 17.2 Å². The maximum Gasteiger partial charge on any atom is 0.226 e. The van der Waals surface area contributed by atoms with Gasteiger partial charge in [0.1, 0.15) is 11.5 Å². The fraction of sp³-hybridized carbons (Fsp3) is 0.200. The summed E-state index contributed by atoms with van der Waals surface area (Å²) in [5.74, 6) is 1.14. The zero-order chi connectivity index (χ0) is 17.6. The summed E-state index contributed by atoms with van der Waals surface area (Å²) in [5.41, 5.74) is 4.02. The van der Waals surface area contributed by atoms with Crippen molar-refractivity contribution in [2.75, 3.05) is 5.32 Å². The van der Waals surface area contributed by atoms with Gasteiger partial charge in [0.05, 0.1) is 5.69 Å². The Morgan fingerprint density at radius 3 is 2.72 bits per heavy atom.